The highest BCUT2D eigenvalue weighted by Crippen LogP contribution is 2.13. The smallest absolute Gasteiger partial charge is 0.392 e. The second kappa shape index (κ2) is 4.65. The Morgan fingerprint density at radius 2 is 2.12 bits per heavy atom. The van der Waals surface area contributed by atoms with Crippen molar-refractivity contribution in [1.29, 1.82) is 0 Å². The lowest BCUT2D eigenvalue weighted by molar-refractivity contribution is 0.0649. The van der Waals surface area contributed by atoms with E-state index in [2.05, 4.69) is 4.98 Å². The molecule has 1 N–H and O–H groups in total. The van der Waals surface area contributed by atoms with Crippen molar-refractivity contribution in [1.82, 2.24) is 4.98 Å². The van der Waals surface area contributed by atoms with E-state index in [1.165, 1.54) is 30.5 Å². The number of oxazole rings is 1. The molecule has 0 amide bonds. The number of halogens is 1. The first kappa shape index (κ1) is 11.1. The molecule has 1 aromatic heterocycles. The fraction of sp³-hybridized carbons (Fsp3) is 0.0909. The number of carboxylic acid groups (broad SMARTS) is 1. The van der Waals surface area contributed by atoms with Gasteiger partial charge in [-0.05, 0) is 24.3 Å². The van der Waals surface area contributed by atoms with Crippen LogP contribution in [0.25, 0.3) is 0 Å². The van der Waals surface area contributed by atoms with Gasteiger partial charge in [0.2, 0.25) is 0 Å². The number of nitrogens with zero attached hydrogens (tertiary/aromatic N) is 1. The van der Waals surface area contributed by atoms with Gasteiger partial charge in [-0.25, -0.2) is 14.2 Å². The molecule has 0 aliphatic carbocycles. The molecular weight excluding hydrogens is 229 g/mol. The van der Waals surface area contributed by atoms with E-state index in [1.54, 1.807) is 0 Å². The van der Waals surface area contributed by atoms with Crippen molar-refractivity contribution >= 4 is 5.97 Å². The van der Waals surface area contributed by atoms with E-state index >= 15 is 0 Å². The maximum absolute atomic E-state index is 12.6. The summed E-state index contributed by atoms with van der Waals surface area (Å²) in [4.78, 5) is 14.0. The van der Waals surface area contributed by atoms with Crippen LogP contribution in [-0.4, -0.2) is 16.1 Å². The van der Waals surface area contributed by atoms with Crippen LogP contribution in [0.4, 0.5) is 4.39 Å². The highest BCUT2D eigenvalue weighted by atomic mass is 19.1. The second-order valence-electron chi connectivity index (χ2n) is 3.18. The summed E-state index contributed by atoms with van der Waals surface area (Å²) in [5.41, 5.74) is 0. The first-order valence-electron chi connectivity index (χ1n) is 4.71. The zero-order chi connectivity index (χ0) is 12.3. The first-order chi connectivity index (χ1) is 8.15. The van der Waals surface area contributed by atoms with Crippen molar-refractivity contribution < 1.29 is 23.4 Å². The van der Waals surface area contributed by atoms with Crippen LogP contribution in [0.2, 0.25) is 0 Å². The summed E-state index contributed by atoms with van der Waals surface area (Å²) in [6.45, 7) is 0.0336. The topological polar surface area (TPSA) is 72.6 Å². The molecule has 5 nitrogen and oxygen atoms in total. The van der Waals surface area contributed by atoms with Crippen LogP contribution >= 0.6 is 0 Å². The lowest BCUT2D eigenvalue weighted by Gasteiger charge is -2.02. The molecule has 0 unspecified atom stereocenters. The lowest BCUT2D eigenvalue weighted by atomic mass is 10.3. The maximum Gasteiger partial charge on any atom is 0.392 e. The summed E-state index contributed by atoms with van der Waals surface area (Å²) in [5.74, 6) is -1.24. The quantitative estimate of drug-likeness (QED) is 0.881. The van der Waals surface area contributed by atoms with Gasteiger partial charge in [0.1, 0.15) is 18.2 Å². The third-order valence-corrected chi connectivity index (χ3v) is 1.93. The highest BCUT2D eigenvalue weighted by Gasteiger charge is 2.11. The molecule has 0 saturated carbocycles. The molecule has 2 aromatic rings. The van der Waals surface area contributed by atoms with E-state index in [0.717, 1.165) is 0 Å². The molecule has 6 heteroatoms. The Bertz CT molecular complexity index is 521. The number of rotatable bonds is 4. The van der Waals surface area contributed by atoms with Crippen molar-refractivity contribution in [2.45, 2.75) is 6.61 Å². The van der Waals surface area contributed by atoms with Crippen molar-refractivity contribution in [3.8, 4) is 5.75 Å². The van der Waals surface area contributed by atoms with Crippen LogP contribution in [0, 0.1) is 5.82 Å². The fourth-order valence-electron chi connectivity index (χ4n) is 1.16. The zero-order valence-corrected chi connectivity index (χ0v) is 8.59. The first-order valence-corrected chi connectivity index (χ1v) is 4.71. The molecule has 2 rings (SSSR count). The molecule has 0 radical (unpaired) electrons. The molecule has 0 spiro atoms. The number of carbonyl (C=O) groups is 1. The van der Waals surface area contributed by atoms with Crippen molar-refractivity contribution in [2.24, 2.45) is 0 Å². The number of carboxylic acids is 1. The molecule has 0 saturated heterocycles. The molecule has 1 heterocycles. The number of benzene rings is 1. The molecular formula is C11H8FNO4. The Labute approximate surface area is 95.5 Å². The van der Waals surface area contributed by atoms with Gasteiger partial charge < -0.3 is 14.3 Å². The summed E-state index contributed by atoms with van der Waals surface area (Å²) < 4.78 is 22.7. The SMILES string of the molecule is O=C(O)c1ncc(COc2ccc(F)cc2)o1. The normalized spacial score (nSPS) is 10.2. The van der Waals surface area contributed by atoms with Crippen LogP contribution in [0.5, 0.6) is 5.75 Å². The summed E-state index contributed by atoms with van der Waals surface area (Å²) in [6, 6.07) is 5.45. The van der Waals surface area contributed by atoms with Gasteiger partial charge in [-0.2, -0.15) is 0 Å². The van der Waals surface area contributed by atoms with Gasteiger partial charge in [-0.1, -0.05) is 0 Å². The fourth-order valence-corrected chi connectivity index (χ4v) is 1.16. The summed E-state index contributed by atoms with van der Waals surface area (Å²) >= 11 is 0. The molecule has 17 heavy (non-hydrogen) atoms. The lowest BCUT2D eigenvalue weighted by Crippen LogP contribution is -1.96. The van der Waals surface area contributed by atoms with Gasteiger partial charge in [-0.3, -0.25) is 0 Å². The molecule has 0 fully saturated rings. The Hall–Kier alpha value is -2.37. The minimum Gasteiger partial charge on any atom is -0.486 e. The van der Waals surface area contributed by atoms with Crippen LogP contribution in [0.1, 0.15) is 16.4 Å². The molecule has 0 aliphatic rings. The largest absolute Gasteiger partial charge is 0.486 e. The average Bonchev–Trinajstić information content (AvgIpc) is 2.77. The Balaban J connectivity index is 1.97. The van der Waals surface area contributed by atoms with E-state index in [-0.39, 0.29) is 24.1 Å². The Kier molecular flexibility index (Phi) is 3.04. The van der Waals surface area contributed by atoms with Gasteiger partial charge in [0.15, 0.2) is 5.76 Å². The number of hydrogen-bond donors (Lipinski definition) is 1. The number of hydrogen-bond acceptors (Lipinski definition) is 4. The van der Waals surface area contributed by atoms with Crippen LogP contribution < -0.4 is 4.74 Å². The molecule has 0 bridgehead atoms. The molecule has 88 valence electrons. The van der Waals surface area contributed by atoms with E-state index in [4.69, 9.17) is 14.3 Å². The van der Waals surface area contributed by atoms with Gasteiger partial charge in [-0.15, -0.1) is 0 Å². The third kappa shape index (κ3) is 2.81. The third-order valence-electron chi connectivity index (χ3n) is 1.93. The zero-order valence-electron chi connectivity index (χ0n) is 8.59. The average molecular weight is 237 g/mol. The monoisotopic (exact) mass is 237 g/mol. The standard InChI is InChI=1S/C11H8FNO4/c12-7-1-3-8(4-2-7)16-6-9-5-13-10(17-9)11(14)15/h1-5H,6H2,(H,14,15). The molecule has 1 aromatic carbocycles. The minimum atomic E-state index is -1.24. The number of aromatic nitrogens is 1. The van der Waals surface area contributed by atoms with Crippen LogP contribution in [-0.2, 0) is 6.61 Å². The molecule has 0 aliphatic heterocycles. The predicted octanol–water partition coefficient (Wildman–Crippen LogP) is 2.09. The highest BCUT2D eigenvalue weighted by molar-refractivity contribution is 5.81. The van der Waals surface area contributed by atoms with Crippen molar-refractivity contribution in [3.05, 3.63) is 47.9 Å². The summed E-state index contributed by atoms with van der Waals surface area (Å²) in [6.07, 6.45) is 1.27. The van der Waals surface area contributed by atoms with Crippen LogP contribution in [0.3, 0.4) is 0 Å². The molecule has 0 atom stereocenters. The number of ether oxygens (including phenoxy) is 1. The minimum absolute atomic E-state index is 0.0336. The predicted molar refractivity (Wildman–Crippen MR) is 54.2 cm³/mol. The summed E-state index contributed by atoms with van der Waals surface area (Å²) in [5, 5.41) is 8.58. The Morgan fingerprint density at radius 1 is 1.41 bits per heavy atom. The van der Waals surface area contributed by atoms with E-state index in [1.807, 2.05) is 0 Å². The van der Waals surface area contributed by atoms with E-state index < -0.39 is 5.97 Å². The van der Waals surface area contributed by atoms with Gasteiger partial charge in [0, 0.05) is 0 Å². The second-order valence-corrected chi connectivity index (χ2v) is 3.18. The van der Waals surface area contributed by atoms with Gasteiger partial charge >= 0.3 is 11.9 Å². The maximum atomic E-state index is 12.6. The van der Waals surface area contributed by atoms with E-state index in [0.29, 0.717) is 5.75 Å². The van der Waals surface area contributed by atoms with Crippen molar-refractivity contribution in [2.75, 3.05) is 0 Å². The number of aromatic carboxylic acids is 1. The van der Waals surface area contributed by atoms with Gasteiger partial charge in [0.05, 0.1) is 6.20 Å². The van der Waals surface area contributed by atoms with Crippen molar-refractivity contribution in [3.63, 3.8) is 0 Å². The van der Waals surface area contributed by atoms with Gasteiger partial charge in [0.25, 0.3) is 0 Å². The summed E-state index contributed by atoms with van der Waals surface area (Å²) in [7, 11) is 0. The van der Waals surface area contributed by atoms with Crippen LogP contribution in [0.15, 0.2) is 34.9 Å². The van der Waals surface area contributed by atoms with E-state index in [9.17, 15) is 9.18 Å². The Morgan fingerprint density at radius 3 is 2.71 bits per heavy atom.